The van der Waals surface area contributed by atoms with Crippen LogP contribution in [0, 0.1) is 0 Å². The Kier molecular flexibility index (Phi) is 8.85. The number of halogens is 3. The van der Waals surface area contributed by atoms with E-state index in [4.69, 9.17) is 4.74 Å². The molecule has 0 spiro atoms. The summed E-state index contributed by atoms with van der Waals surface area (Å²) in [5.41, 5.74) is 1.41. The number of amides is 1. The lowest BCUT2D eigenvalue weighted by molar-refractivity contribution is -0.138. The van der Waals surface area contributed by atoms with Crippen molar-refractivity contribution in [1.82, 2.24) is 14.8 Å². The lowest BCUT2D eigenvalue weighted by atomic mass is 10.0. The minimum absolute atomic E-state index is 0.0818. The molecule has 2 aromatic carbocycles. The number of hydrogen-bond donors (Lipinski definition) is 2. The van der Waals surface area contributed by atoms with E-state index < -0.39 is 17.6 Å². The number of hydrogen-bond acceptors (Lipinski definition) is 6. The van der Waals surface area contributed by atoms with Crippen LogP contribution in [0.2, 0.25) is 0 Å². The predicted octanol–water partition coefficient (Wildman–Crippen LogP) is 4.96. The number of anilines is 2. The lowest BCUT2D eigenvalue weighted by Gasteiger charge is -2.34. The summed E-state index contributed by atoms with van der Waals surface area (Å²) < 4.78 is 47.0. The molecule has 0 saturated carbocycles. The fourth-order valence-corrected chi connectivity index (χ4v) is 4.36. The highest BCUT2D eigenvalue weighted by Gasteiger charge is 2.34. The zero-order chi connectivity index (χ0) is 27.1. The van der Waals surface area contributed by atoms with Crippen LogP contribution in [0.25, 0.3) is 11.1 Å². The molecular weight excluding hydrogens is 495 g/mol. The van der Waals surface area contributed by atoms with Crippen molar-refractivity contribution in [3.05, 3.63) is 71.9 Å². The SMILES string of the molecule is CCN1CCN(Cc2ccc(NC(=O)COc3ccc(-c4ccc(NC)nc4)cc3)cc2C(F)(F)F)CC1. The van der Waals surface area contributed by atoms with Gasteiger partial charge in [-0.3, -0.25) is 9.69 Å². The van der Waals surface area contributed by atoms with Gasteiger partial charge in [0.15, 0.2) is 6.61 Å². The number of pyridine rings is 1. The van der Waals surface area contributed by atoms with Crippen molar-refractivity contribution in [2.45, 2.75) is 19.6 Å². The molecule has 2 heterocycles. The smallest absolute Gasteiger partial charge is 0.416 e. The summed E-state index contributed by atoms with van der Waals surface area (Å²) in [6.45, 7) is 6.04. The summed E-state index contributed by atoms with van der Waals surface area (Å²) in [6.07, 6.45) is -2.77. The Morgan fingerprint density at radius 2 is 1.66 bits per heavy atom. The molecule has 10 heteroatoms. The Bertz CT molecular complexity index is 1210. The second-order valence-corrected chi connectivity index (χ2v) is 9.12. The van der Waals surface area contributed by atoms with Crippen LogP contribution in [0.15, 0.2) is 60.8 Å². The van der Waals surface area contributed by atoms with Gasteiger partial charge in [-0.05, 0) is 54.1 Å². The van der Waals surface area contributed by atoms with E-state index in [1.54, 1.807) is 25.4 Å². The van der Waals surface area contributed by atoms with E-state index in [2.05, 4.69) is 27.4 Å². The molecule has 1 aliphatic rings. The molecule has 1 amide bonds. The summed E-state index contributed by atoms with van der Waals surface area (Å²) >= 11 is 0. The first-order valence-corrected chi connectivity index (χ1v) is 12.6. The molecule has 38 heavy (non-hydrogen) atoms. The highest BCUT2D eigenvalue weighted by Crippen LogP contribution is 2.34. The predicted molar refractivity (Wildman–Crippen MR) is 142 cm³/mol. The van der Waals surface area contributed by atoms with Crippen molar-refractivity contribution < 1.29 is 22.7 Å². The largest absolute Gasteiger partial charge is 0.484 e. The molecular formula is C28H32F3N5O2. The molecule has 0 unspecified atom stereocenters. The summed E-state index contributed by atoms with van der Waals surface area (Å²) in [5.74, 6) is 0.692. The van der Waals surface area contributed by atoms with Gasteiger partial charge in [0.1, 0.15) is 11.6 Å². The van der Waals surface area contributed by atoms with Gasteiger partial charge in [0.2, 0.25) is 0 Å². The van der Waals surface area contributed by atoms with E-state index >= 15 is 0 Å². The highest BCUT2D eigenvalue weighted by atomic mass is 19.4. The molecule has 0 bridgehead atoms. The second kappa shape index (κ2) is 12.3. The number of carbonyl (C=O) groups is 1. The van der Waals surface area contributed by atoms with Crippen LogP contribution in [0.4, 0.5) is 24.7 Å². The van der Waals surface area contributed by atoms with Crippen molar-refractivity contribution in [2.24, 2.45) is 0 Å². The van der Waals surface area contributed by atoms with Gasteiger partial charge in [0.05, 0.1) is 5.56 Å². The van der Waals surface area contributed by atoms with Crippen LogP contribution in [-0.2, 0) is 17.5 Å². The summed E-state index contributed by atoms with van der Waals surface area (Å²) in [5, 5.41) is 5.48. The van der Waals surface area contributed by atoms with Gasteiger partial charge in [0.25, 0.3) is 5.91 Å². The molecule has 4 rings (SSSR count). The first kappa shape index (κ1) is 27.4. The van der Waals surface area contributed by atoms with Crippen molar-refractivity contribution in [3.8, 4) is 16.9 Å². The van der Waals surface area contributed by atoms with Gasteiger partial charge in [-0.25, -0.2) is 4.98 Å². The number of benzene rings is 2. The van der Waals surface area contributed by atoms with Gasteiger partial charge in [-0.15, -0.1) is 0 Å². The molecule has 1 aliphatic heterocycles. The zero-order valence-electron chi connectivity index (χ0n) is 21.5. The van der Waals surface area contributed by atoms with Crippen molar-refractivity contribution in [1.29, 1.82) is 0 Å². The molecule has 1 fully saturated rings. The minimum atomic E-state index is -4.53. The number of rotatable bonds is 9. The Labute approximate surface area is 220 Å². The Morgan fingerprint density at radius 1 is 0.974 bits per heavy atom. The van der Waals surface area contributed by atoms with E-state index in [1.807, 2.05) is 29.2 Å². The van der Waals surface area contributed by atoms with Crippen LogP contribution in [0.1, 0.15) is 18.1 Å². The normalized spacial score (nSPS) is 14.8. The molecule has 0 atom stereocenters. The monoisotopic (exact) mass is 527 g/mol. The van der Waals surface area contributed by atoms with Crippen molar-refractivity contribution in [2.75, 3.05) is 57.0 Å². The number of alkyl halides is 3. The average molecular weight is 528 g/mol. The van der Waals surface area contributed by atoms with E-state index in [9.17, 15) is 18.0 Å². The van der Waals surface area contributed by atoms with Gasteiger partial charge >= 0.3 is 6.18 Å². The Balaban J connectivity index is 1.34. The molecule has 0 radical (unpaired) electrons. The van der Waals surface area contributed by atoms with E-state index in [0.717, 1.165) is 55.7 Å². The van der Waals surface area contributed by atoms with E-state index in [0.29, 0.717) is 5.75 Å². The van der Waals surface area contributed by atoms with Crippen LogP contribution < -0.4 is 15.4 Å². The maximum Gasteiger partial charge on any atom is 0.416 e. The zero-order valence-corrected chi connectivity index (χ0v) is 21.5. The maximum absolute atomic E-state index is 13.8. The average Bonchev–Trinajstić information content (AvgIpc) is 2.93. The molecule has 2 N–H and O–H groups in total. The van der Waals surface area contributed by atoms with Crippen LogP contribution in [0.3, 0.4) is 0 Å². The fourth-order valence-electron chi connectivity index (χ4n) is 4.36. The van der Waals surface area contributed by atoms with Crippen LogP contribution in [0.5, 0.6) is 5.75 Å². The van der Waals surface area contributed by atoms with Gasteiger partial charge < -0.3 is 20.3 Å². The number of piperazine rings is 1. The third kappa shape index (κ3) is 7.23. The minimum Gasteiger partial charge on any atom is -0.484 e. The molecule has 1 aromatic heterocycles. The number of likely N-dealkylation sites (N-methyl/N-ethyl adjacent to an activating group) is 1. The number of carbonyl (C=O) groups excluding carboxylic acids is 1. The summed E-state index contributed by atoms with van der Waals surface area (Å²) in [7, 11) is 1.80. The van der Waals surface area contributed by atoms with Crippen LogP contribution >= 0.6 is 0 Å². The number of nitrogens with one attached hydrogen (secondary N) is 2. The number of nitrogens with zero attached hydrogens (tertiary/aromatic N) is 3. The van der Waals surface area contributed by atoms with Gasteiger partial charge in [-0.2, -0.15) is 13.2 Å². The number of ether oxygens (including phenoxy) is 1. The van der Waals surface area contributed by atoms with Gasteiger partial charge in [0, 0.05) is 57.2 Å². The molecule has 7 nitrogen and oxygen atoms in total. The standard InChI is InChI=1S/C28H32F3N5O2/c1-3-35-12-14-36(15-13-35)18-22-4-8-23(16-25(22)28(29,30)31)34-27(37)19-38-24-9-5-20(6-10-24)21-7-11-26(32-2)33-17-21/h4-11,16-17H,3,12-15,18-19H2,1-2H3,(H,32,33)(H,34,37). The molecule has 3 aromatic rings. The van der Waals surface area contributed by atoms with Crippen molar-refractivity contribution in [3.63, 3.8) is 0 Å². The fraction of sp³-hybridized carbons (Fsp3) is 0.357. The van der Waals surface area contributed by atoms with Crippen molar-refractivity contribution >= 4 is 17.4 Å². The van der Waals surface area contributed by atoms with E-state index in [1.165, 1.54) is 12.1 Å². The number of aromatic nitrogens is 1. The second-order valence-electron chi connectivity index (χ2n) is 9.12. The van der Waals surface area contributed by atoms with Crippen LogP contribution in [-0.4, -0.2) is 67.1 Å². The topological polar surface area (TPSA) is 69.7 Å². The third-order valence-electron chi connectivity index (χ3n) is 6.58. The van der Waals surface area contributed by atoms with E-state index in [-0.39, 0.29) is 24.4 Å². The Hall–Kier alpha value is -3.63. The Morgan fingerprint density at radius 3 is 2.26 bits per heavy atom. The quantitative estimate of drug-likeness (QED) is 0.410. The first-order valence-electron chi connectivity index (χ1n) is 12.6. The summed E-state index contributed by atoms with van der Waals surface area (Å²) in [4.78, 5) is 21.0. The molecule has 0 aliphatic carbocycles. The molecule has 1 saturated heterocycles. The summed E-state index contributed by atoms with van der Waals surface area (Å²) in [6, 6.07) is 14.9. The first-order chi connectivity index (χ1) is 18.2. The van der Waals surface area contributed by atoms with Gasteiger partial charge in [-0.1, -0.05) is 25.1 Å². The third-order valence-corrected chi connectivity index (χ3v) is 6.58. The lowest BCUT2D eigenvalue weighted by Crippen LogP contribution is -2.45. The molecule has 202 valence electrons. The maximum atomic E-state index is 13.8. The highest BCUT2D eigenvalue weighted by molar-refractivity contribution is 5.92.